The fourth-order valence-corrected chi connectivity index (χ4v) is 0.185. The summed E-state index contributed by atoms with van der Waals surface area (Å²) in [6, 6.07) is 0. The number of hydrogen-bond donors (Lipinski definition) is 3. The topological polar surface area (TPSA) is 77.8 Å². The molecule has 10 heavy (non-hydrogen) atoms. The number of aliphatic carboxylic acids is 1. The number of carboxylic acid groups (broad SMARTS) is 1. The van der Waals surface area contributed by atoms with Gasteiger partial charge in [0.25, 0.3) is 0 Å². The van der Waals surface area contributed by atoms with Crippen molar-refractivity contribution < 1.29 is 20.1 Å². The van der Waals surface area contributed by atoms with Gasteiger partial charge in [0.1, 0.15) is 5.41 Å². The van der Waals surface area contributed by atoms with Crippen LogP contribution in [0.3, 0.4) is 0 Å². The maximum atomic E-state index is 10.2. The molecule has 0 unspecified atom stereocenters. The quantitative estimate of drug-likeness (QED) is 0.600. The standard InChI is InChI=1S/C5H10O4.BrH/c1-5(2-6,3-7)4(8)9;/h6-7H,2-3H2,1H3,(H,8,9);1H. The van der Waals surface area contributed by atoms with E-state index >= 15 is 0 Å². The van der Waals surface area contributed by atoms with E-state index in [2.05, 4.69) is 0 Å². The van der Waals surface area contributed by atoms with E-state index in [-0.39, 0.29) is 17.0 Å². The zero-order valence-corrected chi connectivity index (χ0v) is 7.29. The lowest BCUT2D eigenvalue weighted by atomic mass is 9.94. The van der Waals surface area contributed by atoms with E-state index in [1.165, 1.54) is 6.92 Å². The molecule has 5 heteroatoms. The number of carboxylic acids is 1. The first-order chi connectivity index (χ1) is 4.06. The first-order valence-corrected chi connectivity index (χ1v) is 2.52. The van der Waals surface area contributed by atoms with Crippen LogP contribution in [-0.4, -0.2) is 34.5 Å². The van der Waals surface area contributed by atoms with Gasteiger partial charge in [-0.1, -0.05) is 0 Å². The Morgan fingerprint density at radius 3 is 1.70 bits per heavy atom. The van der Waals surface area contributed by atoms with Crippen molar-refractivity contribution in [3.63, 3.8) is 0 Å². The summed E-state index contributed by atoms with van der Waals surface area (Å²) in [4.78, 5) is 10.2. The Morgan fingerprint density at radius 2 is 1.70 bits per heavy atom. The van der Waals surface area contributed by atoms with Crippen LogP contribution in [0, 0.1) is 5.41 Å². The molecule has 62 valence electrons. The molecule has 0 fully saturated rings. The molecule has 0 aromatic rings. The van der Waals surface area contributed by atoms with E-state index in [0.717, 1.165) is 0 Å². The summed E-state index contributed by atoms with van der Waals surface area (Å²) in [7, 11) is 0. The van der Waals surface area contributed by atoms with E-state index in [0.29, 0.717) is 0 Å². The molecule has 0 aromatic heterocycles. The molecule has 0 amide bonds. The van der Waals surface area contributed by atoms with E-state index in [4.69, 9.17) is 15.3 Å². The Hall–Kier alpha value is -0.130. The van der Waals surface area contributed by atoms with Crippen LogP contribution in [0.1, 0.15) is 6.92 Å². The minimum Gasteiger partial charge on any atom is -0.481 e. The highest BCUT2D eigenvalue weighted by molar-refractivity contribution is 8.93. The molecule has 0 aliphatic heterocycles. The minimum atomic E-state index is -1.39. The number of rotatable bonds is 3. The number of halogens is 1. The van der Waals surface area contributed by atoms with Crippen molar-refractivity contribution in [3.8, 4) is 0 Å². The van der Waals surface area contributed by atoms with E-state index in [1.807, 2.05) is 0 Å². The molecule has 0 atom stereocenters. The summed E-state index contributed by atoms with van der Waals surface area (Å²) < 4.78 is 0. The maximum Gasteiger partial charge on any atom is 0.314 e. The fraction of sp³-hybridized carbons (Fsp3) is 0.800. The molecule has 4 nitrogen and oxygen atoms in total. The first kappa shape index (κ1) is 12.5. The van der Waals surface area contributed by atoms with E-state index in [1.54, 1.807) is 0 Å². The van der Waals surface area contributed by atoms with Gasteiger partial charge in [0, 0.05) is 0 Å². The third-order valence-corrected chi connectivity index (χ3v) is 1.21. The zero-order valence-electron chi connectivity index (χ0n) is 5.57. The molecule has 0 saturated carbocycles. The van der Waals surface area contributed by atoms with Gasteiger partial charge in [-0.25, -0.2) is 0 Å². The lowest BCUT2D eigenvalue weighted by Crippen LogP contribution is -2.35. The summed E-state index contributed by atoms with van der Waals surface area (Å²) in [5, 5.41) is 25.1. The number of hydrogen-bond acceptors (Lipinski definition) is 3. The van der Waals surface area contributed by atoms with Crippen molar-refractivity contribution in [1.29, 1.82) is 0 Å². The van der Waals surface area contributed by atoms with Crippen molar-refractivity contribution in [2.45, 2.75) is 6.92 Å². The van der Waals surface area contributed by atoms with E-state index in [9.17, 15) is 4.79 Å². The summed E-state index contributed by atoms with van der Waals surface area (Å²) >= 11 is 0. The van der Waals surface area contributed by atoms with Gasteiger partial charge in [-0.3, -0.25) is 4.79 Å². The van der Waals surface area contributed by atoms with Crippen molar-refractivity contribution in [1.82, 2.24) is 0 Å². The molecule has 3 N–H and O–H groups in total. The average Bonchev–Trinajstić information content (AvgIpc) is 1.86. The van der Waals surface area contributed by atoms with Gasteiger partial charge in [-0.05, 0) is 6.92 Å². The van der Waals surface area contributed by atoms with Gasteiger partial charge < -0.3 is 15.3 Å². The minimum absolute atomic E-state index is 0. The number of aliphatic hydroxyl groups excluding tert-OH is 2. The molecule has 0 aromatic carbocycles. The third-order valence-electron chi connectivity index (χ3n) is 1.21. The van der Waals surface area contributed by atoms with Crippen LogP contribution >= 0.6 is 17.0 Å². The smallest absolute Gasteiger partial charge is 0.314 e. The highest BCUT2D eigenvalue weighted by Gasteiger charge is 2.31. The lowest BCUT2D eigenvalue weighted by Gasteiger charge is -2.17. The summed E-state index contributed by atoms with van der Waals surface area (Å²) in [5.41, 5.74) is -1.39. The molecule has 0 bridgehead atoms. The van der Waals surface area contributed by atoms with Gasteiger partial charge in [-0.2, -0.15) is 0 Å². The predicted octanol–water partition coefficient (Wildman–Crippen LogP) is -0.360. The summed E-state index contributed by atoms with van der Waals surface area (Å²) in [6.45, 7) is 0.187. The van der Waals surface area contributed by atoms with Crippen LogP contribution in [0.25, 0.3) is 0 Å². The van der Waals surface area contributed by atoms with Gasteiger partial charge in [0.05, 0.1) is 13.2 Å². The SMILES string of the molecule is Br.CC(CO)(CO)C(=O)O. The normalized spacial score (nSPS) is 10.3. The van der Waals surface area contributed by atoms with Crippen LogP contribution in [0.2, 0.25) is 0 Å². The second-order valence-corrected chi connectivity index (χ2v) is 2.18. The van der Waals surface area contributed by atoms with Crippen molar-refractivity contribution in [2.24, 2.45) is 5.41 Å². The van der Waals surface area contributed by atoms with Gasteiger partial charge in [0.15, 0.2) is 0 Å². The van der Waals surface area contributed by atoms with Crippen LogP contribution in [0.15, 0.2) is 0 Å². The average molecular weight is 215 g/mol. The second kappa shape index (κ2) is 4.65. The molecule has 0 saturated heterocycles. The molecule has 0 aliphatic rings. The van der Waals surface area contributed by atoms with Crippen molar-refractivity contribution in [3.05, 3.63) is 0 Å². The third kappa shape index (κ3) is 2.64. The zero-order chi connectivity index (χ0) is 7.49. The van der Waals surface area contributed by atoms with E-state index < -0.39 is 24.6 Å². The molecule has 0 heterocycles. The van der Waals surface area contributed by atoms with Gasteiger partial charge in [-0.15, -0.1) is 17.0 Å². The molecular formula is C5H11BrO4. The van der Waals surface area contributed by atoms with Crippen LogP contribution in [-0.2, 0) is 4.79 Å². The van der Waals surface area contributed by atoms with Crippen LogP contribution in [0.4, 0.5) is 0 Å². The lowest BCUT2D eigenvalue weighted by molar-refractivity contribution is -0.152. The van der Waals surface area contributed by atoms with Crippen LogP contribution < -0.4 is 0 Å². The highest BCUT2D eigenvalue weighted by atomic mass is 79.9. The second-order valence-electron chi connectivity index (χ2n) is 2.18. The monoisotopic (exact) mass is 214 g/mol. The highest BCUT2D eigenvalue weighted by Crippen LogP contribution is 2.12. The molecule has 0 spiro atoms. The van der Waals surface area contributed by atoms with Crippen LogP contribution in [0.5, 0.6) is 0 Å². The number of aliphatic hydroxyl groups is 2. The Labute approximate surface area is 69.3 Å². The molecule has 0 rings (SSSR count). The molecule has 0 radical (unpaired) electrons. The summed E-state index contributed by atoms with van der Waals surface area (Å²) in [5.74, 6) is -1.19. The molecule has 0 aliphatic carbocycles. The Morgan fingerprint density at radius 1 is 1.40 bits per heavy atom. The van der Waals surface area contributed by atoms with Gasteiger partial charge >= 0.3 is 5.97 Å². The Bertz CT molecular complexity index is 110. The fourth-order valence-electron chi connectivity index (χ4n) is 0.185. The molecular weight excluding hydrogens is 204 g/mol. The Balaban J connectivity index is 0. The maximum absolute atomic E-state index is 10.2. The van der Waals surface area contributed by atoms with Crippen molar-refractivity contribution >= 4 is 23.0 Å². The summed E-state index contributed by atoms with van der Waals surface area (Å²) in [6.07, 6.45) is 0. The Kier molecular flexibility index (Phi) is 5.83. The number of carbonyl (C=O) groups is 1. The van der Waals surface area contributed by atoms with Gasteiger partial charge in [0.2, 0.25) is 0 Å². The largest absolute Gasteiger partial charge is 0.481 e. The first-order valence-electron chi connectivity index (χ1n) is 2.52. The predicted molar refractivity (Wildman–Crippen MR) is 40.2 cm³/mol. The van der Waals surface area contributed by atoms with Crippen molar-refractivity contribution in [2.75, 3.05) is 13.2 Å².